The van der Waals surface area contributed by atoms with E-state index in [0.717, 1.165) is 18.8 Å². The summed E-state index contributed by atoms with van der Waals surface area (Å²) in [5.41, 5.74) is 3.31. The highest BCUT2D eigenvalue weighted by molar-refractivity contribution is 5.67. The Morgan fingerprint density at radius 2 is 2.00 bits per heavy atom. The summed E-state index contributed by atoms with van der Waals surface area (Å²) in [5.74, 6) is 0.918. The molecule has 1 N–H and O–H groups in total. The molecule has 0 aliphatic carbocycles. The topological polar surface area (TPSA) is 36.4 Å². The van der Waals surface area contributed by atoms with E-state index in [1.807, 2.05) is 24.3 Å². The van der Waals surface area contributed by atoms with Gasteiger partial charge in [0.2, 0.25) is 0 Å². The second-order valence-corrected chi connectivity index (χ2v) is 4.18. The van der Waals surface area contributed by atoms with Gasteiger partial charge in [-0.3, -0.25) is 0 Å². The smallest absolute Gasteiger partial charge is 0.133 e. The van der Waals surface area contributed by atoms with E-state index in [4.69, 9.17) is 5.11 Å². The minimum Gasteiger partial charge on any atom is -0.390 e. The van der Waals surface area contributed by atoms with Gasteiger partial charge >= 0.3 is 0 Å². The third-order valence-electron chi connectivity index (χ3n) is 3.12. The van der Waals surface area contributed by atoms with Gasteiger partial charge < -0.3 is 10.0 Å². The fraction of sp³-hybridized carbons (Fsp3) is 0.214. The molecule has 2 heterocycles. The first-order valence-corrected chi connectivity index (χ1v) is 5.81. The van der Waals surface area contributed by atoms with E-state index in [-0.39, 0.29) is 6.61 Å². The van der Waals surface area contributed by atoms with Crippen LogP contribution in [0.3, 0.4) is 0 Å². The van der Waals surface area contributed by atoms with Crippen LogP contribution in [-0.4, -0.2) is 16.6 Å². The Balaban J connectivity index is 2.01. The molecular formula is C14H14N2O. The number of nitrogens with zero attached hydrogens (tertiary/aromatic N) is 2. The van der Waals surface area contributed by atoms with Crippen LogP contribution in [0, 0.1) is 0 Å². The maximum absolute atomic E-state index is 9.12. The Kier molecular flexibility index (Phi) is 2.53. The van der Waals surface area contributed by atoms with Crippen molar-refractivity contribution < 1.29 is 5.11 Å². The number of benzene rings is 1. The molecule has 1 aromatic heterocycles. The average molecular weight is 226 g/mol. The van der Waals surface area contributed by atoms with Crippen molar-refractivity contribution in [1.82, 2.24) is 4.98 Å². The molecule has 2 aromatic rings. The highest BCUT2D eigenvalue weighted by Crippen LogP contribution is 2.32. The number of aliphatic hydroxyl groups excluding tert-OH is 1. The van der Waals surface area contributed by atoms with E-state index in [1.54, 1.807) is 0 Å². The lowest BCUT2D eigenvalue weighted by atomic mass is 10.2. The summed E-state index contributed by atoms with van der Waals surface area (Å²) in [6, 6.07) is 14.2. The minimum absolute atomic E-state index is 0.0106. The van der Waals surface area contributed by atoms with E-state index >= 15 is 0 Å². The first-order valence-electron chi connectivity index (χ1n) is 5.81. The highest BCUT2D eigenvalue weighted by Gasteiger charge is 2.20. The van der Waals surface area contributed by atoms with Gasteiger partial charge in [0.1, 0.15) is 5.82 Å². The zero-order valence-corrected chi connectivity index (χ0v) is 9.50. The van der Waals surface area contributed by atoms with E-state index in [9.17, 15) is 0 Å². The van der Waals surface area contributed by atoms with Gasteiger partial charge in [0.15, 0.2) is 0 Å². The van der Waals surface area contributed by atoms with Crippen LogP contribution in [0.4, 0.5) is 11.5 Å². The fourth-order valence-electron chi connectivity index (χ4n) is 2.28. The maximum Gasteiger partial charge on any atom is 0.133 e. The average Bonchev–Trinajstić information content (AvgIpc) is 2.82. The largest absolute Gasteiger partial charge is 0.390 e. The number of hydrogen-bond acceptors (Lipinski definition) is 3. The Morgan fingerprint density at radius 3 is 2.88 bits per heavy atom. The van der Waals surface area contributed by atoms with Crippen molar-refractivity contribution in [3.8, 4) is 0 Å². The summed E-state index contributed by atoms with van der Waals surface area (Å²) in [4.78, 5) is 6.65. The van der Waals surface area contributed by atoms with Crippen LogP contribution in [0.5, 0.6) is 0 Å². The van der Waals surface area contributed by atoms with Crippen molar-refractivity contribution in [2.24, 2.45) is 0 Å². The van der Waals surface area contributed by atoms with Gasteiger partial charge in [0.05, 0.1) is 12.3 Å². The van der Waals surface area contributed by atoms with Gasteiger partial charge in [-0.1, -0.05) is 24.3 Å². The predicted molar refractivity (Wildman–Crippen MR) is 67.3 cm³/mol. The Bertz CT molecular complexity index is 539. The second kappa shape index (κ2) is 4.18. The van der Waals surface area contributed by atoms with Crippen LogP contribution in [-0.2, 0) is 13.0 Å². The molecule has 0 unspecified atom stereocenters. The van der Waals surface area contributed by atoms with Crippen LogP contribution < -0.4 is 4.90 Å². The fourth-order valence-corrected chi connectivity index (χ4v) is 2.28. The van der Waals surface area contributed by atoms with Crippen LogP contribution in [0.15, 0.2) is 42.5 Å². The molecule has 3 nitrogen and oxygen atoms in total. The molecule has 17 heavy (non-hydrogen) atoms. The summed E-state index contributed by atoms with van der Waals surface area (Å²) >= 11 is 0. The summed E-state index contributed by atoms with van der Waals surface area (Å²) in [6.45, 7) is 0.949. The lowest BCUT2D eigenvalue weighted by Crippen LogP contribution is -2.15. The normalized spacial score (nSPS) is 13.8. The zero-order chi connectivity index (χ0) is 11.7. The van der Waals surface area contributed by atoms with E-state index in [0.29, 0.717) is 5.69 Å². The molecule has 0 amide bonds. The van der Waals surface area contributed by atoms with Crippen molar-refractivity contribution in [3.05, 3.63) is 53.7 Å². The highest BCUT2D eigenvalue weighted by atomic mass is 16.3. The standard InChI is InChI=1S/C14H14N2O/c17-10-12-5-3-7-14(15-12)16-9-8-11-4-1-2-6-13(11)16/h1-7,17H,8-10H2. The summed E-state index contributed by atoms with van der Waals surface area (Å²) in [6.07, 6.45) is 1.06. The molecule has 1 aliphatic heterocycles. The monoisotopic (exact) mass is 226 g/mol. The van der Waals surface area contributed by atoms with E-state index < -0.39 is 0 Å². The molecule has 0 saturated heterocycles. The van der Waals surface area contributed by atoms with Gasteiger partial charge in [-0.2, -0.15) is 0 Å². The number of aromatic nitrogens is 1. The van der Waals surface area contributed by atoms with Crippen molar-refractivity contribution in [3.63, 3.8) is 0 Å². The van der Waals surface area contributed by atoms with Crippen molar-refractivity contribution >= 4 is 11.5 Å². The number of rotatable bonds is 2. The molecule has 86 valence electrons. The van der Waals surface area contributed by atoms with Gasteiger partial charge in [0, 0.05) is 12.2 Å². The molecule has 0 saturated carbocycles. The Hall–Kier alpha value is -1.87. The lowest BCUT2D eigenvalue weighted by molar-refractivity contribution is 0.277. The molecule has 0 atom stereocenters. The molecule has 1 aliphatic rings. The Labute approximate surface area is 100 Å². The number of hydrogen-bond donors (Lipinski definition) is 1. The van der Waals surface area contributed by atoms with Crippen molar-refractivity contribution in [2.45, 2.75) is 13.0 Å². The molecule has 0 radical (unpaired) electrons. The second-order valence-electron chi connectivity index (χ2n) is 4.18. The van der Waals surface area contributed by atoms with Gasteiger partial charge in [-0.05, 0) is 30.2 Å². The summed E-state index contributed by atoms with van der Waals surface area (Å²) < 4.78 is 0. The molecule has 0 fully saturated rings. The third kappa shape index (κ3) is 1.78. The lowest BCUT2D eigenvalue weighted by Gasteiger charge is -2.18. The van der Waals surface area contributed by atoms with E-state index in [1.165, 1.54) is 11.3 Å². The molecule has 0 spiro atoms. The van der Waals surface area contributed by atoms with Crippen molar-refractivity contribution in [1.29, 1.82) is 0 Å². The Morgan fingerprint density at radius 1 is 1.12 bits per heavy atom. The predicted octanol–water partition coefficient (Wildman–Crippen LogP) is 2.27. The molecule has 1 aromatic carbocycles. The number of para-hydroxylation sites is 1. The zero-order valence-electron chi connectivity index (χ0n) is 9.50. The first kappa shape index (κ1) is 10.3. The minimum atomic E-state index is -0.0106. The quantitative estimate of drug-likeness (QED) is 0.853. The van der Waals surface area contributed by atoms with Gasteiger partial charge in [-0.25, -0.2) is 4.98 Å². The molecule has 3 rings (SSSR count). The third-order valence-corrected chi connectivity index (χ3v) is 3.12. The van der Waals surface area contributed by atoms with Crippen LogP contribution >= 0.6 is 0 Å². The van der Waals surface area contributed by atoms with Gasteiger partial charge in [-0.15, -0.1) is 0 Å². The molecule has 0 bridgehead atoms. The van der Waals surface area contributed by atoms with Gasteiger partial charge in [0.25, 0.3) is 0 Å². The summed E-state index contributed by atoms with van der Waals surface area (Å²) in [7, 11) is 0. The van der Waals surface area contributed by atoms with Crippen LogP contribution in [0.2, 0.25) is 0 Å². The summed E-state index contributed by atoms with van der Waals surface area (Å²) in [5, 5.41) is 9.12. The van der Waals surface area contributed by atoms with E-state index in [2.05, 4.69) is 28.1 Å². The molecule has 3 heteroatoms. The first-order chi connectivity index (χ1) is 8.38. The van der Waals surface area contributed by atoms with Crippen molar-refractivity contribution in [2.75, 3.05) is 11.4 Å². The number of aliphatic hydroxyl groups is 1. The number of anilines is 2. The molecular weight excluding hydrogens is 212 g/mol. The maximum atomic E-state index is 9.12. The van der Waals surface area contributed by atoms with Crippen LogP contribution in [0.25, 0.3) is 0 Å². The van der Waals surface area contributed by atoms with Crippen LogP contribution in [0.1, 0.15) is 11.3 Å². The number of pyridine rings is 1. The SMILES string of the molecule is OCc1cccc(N2CCc3ccccc32)n1. The number of fused-ring (bicyclic) bond motifs is 1.